The Kier molecular flexibility index (Phi) is 9.81. The topological polar surface area (TPSA) is 138 Å². The molecule has 0 fully saturated rings. The number of alkyl carbamates (subject to hydrolysis) is 1. The van der Waals surface area contributed by atoms with E-state index in [0.29, 0.717) is 49.8 Å². The van der Waals surface area contributed by atoms with Crippen LogP contribution in [0.4, 0.5) is 16.2 Å². The normalized spacial score (nSPS) is 11.3. The number of carbonyl (C=O) groups excluding carboxylic acids is 2. The molecular formula is C20H32N4O5. The van der Waals surface area contributed by atoms with Crippen LogP contribution in [0.25, 0.3) is 0 Å². The maximum Gasteiger partial charge on any atom is 0.407 e. The molecule has 0 unspecified atom stereocenters. The van der Waals surface area contributed by atoms with Crippen LogP contribution >= 0.6 is 0 Å². The Morgan fingerprint density at radius 3 is 2.45 bits per heavy atom. The van der Waals surface area contributed by atoms with Crippen LogP contribution in [0.3, 0.4) is 0 Å². The van der Waals surface area contributed by atoms with Crippen LogP contribution in [-0.4, -0.2) is 51.0 Å². The van der Waals surface area contributed by atoms with Gasteiger partial charge in [0.15, 0.2) is 0 Å². The van der Waals surface area contributed by atoms with Gasteiger partial charge in [0.1, 0.15) is 17.0 Å². The highest BCUT2D eigenvalue weighted by molar-refractivity contribution is 5.96. The highest BCUT2D eigenvalue weighted by atomic mass is 16.6. The van der Waals surface area contributed by atoms with Crippen LogP contribution in [0.15, 0.2) is 24.3 Å². The number of nitrogen functional groups attached to an aromatic ring is 1. The van der Waals surface area contributed by atoms with Crippen molar-refractivity contribution in [1.82, 2.24) is 5.32 Å². The highest BCUT2D eigenvalue weighted by Crippen LogP contribution is 2.32. The molecule has 6 N–H and O–H groups in total. The largest absolute Gasteiger partial charge is 0.491 e. The van der Waals surface area contributed by atoms with Crippen molar-refractivity contribution in [3.8, 4) is 5.75 Å². The molecule has 29 heavy (non-hydrogen) atoms. The average Bonchev–Trinajstić information content (AvgIpc) is 2.61. The summed E-state index contributed by atoms with van der Waals surface area (Å²) in [6.07, 6.45) is 3.82. The first-order valence-electron chi connectivity index (χ1n) is 9.35. The molecule has 0 aromatic heterocycles. The number of nitrogens with one attached hydrogen (secondary N) is 2. The van der Waals surface area contributed by atoms with Gasteiger partial charge in [-0.3, -0.25) is 4.79 Å². The molecule has 0 bridgehead atoms. The Bertz CT molecular complexity index is 714. The number of carbonyl (C=O) groups is 2. The smallest absolute Gasteiger partial charge is 0.407 e. The molecule has 0 spiro atoms. The van der Waals surface area contributed by atoms with Crippen molar-refractivity contribution in [2.45, 2.75) is 32.8 Å². The number of rotatable bonds is 11. The second-order valence-corrected chi connectivity index (χ2v) is 7.23. The lowest BCUT2D eigenvalue weighted by molar-refractivity contribution is 0.0534. The SMILES string of the molecule is COCCCOc1cc(C(N)=O)cc(N)c1NC/C=C/CNC(=O)OC(C)(C)C. The molecule has 9 heteroatoms. The molecule has 0 aliphatic carbocycles. The van der Waals surface area contributed by atoms with E-state index in [1.807, 2.05) is 6.08 Å². The average molecular weight is 408 g/mol. The van der Waals surface area contributed by atoms with E-state index in [1.54, 1.807) is 40.0 Å². The maximum atomic E-state index is 11.6. The Balaban J connectivity index is 2.64. The summed E-state index contributed by atoms with van der Waals surface area (Å²) in [6, 6.07) is 3.06. The Morgan fingerprint density at radius 1 is 1.14 bits per heavy atom. The van der Waals surface area contributed by atoms with Crippen molar-refractivity contribution in [1.29, 1.82) is 0 Å². The molecule has 162 valence electrons. The number of hydrogen-bond donors (Lipinski definition) is 4. The van der Waals surface area contributed by atoms with Gasteiger partial charge in [0, 0.05) is 38.8 Å². The van der Waals surface area contributed by atoms with Gasteiger partial charge in [0.2, 0.25) is 5.91 Å². The van der Waals surface area contributed by atoms with Gasteiger partial charge in [-0.15, -0.1) is 0 Å². The lowest BCUT2D eigenvalue weighted by Crippen LogP contribution is -2.32. The van der Waals surface area contributed by atoms with E-state index in [1.165, 1.54) is 6.07 Å². The van der Waals surface area contributed by atoms with E-state index < -0.39 is 17.6 Å². The summed E-state index contributed by atoms with van der Waals surface area (Å²) in [5.41, 5.74) is 12.1. The summed E-state index contributed by atoms with van der Waals surface area (Å²) in [5, 5.41) is 5.78. The van der Waals surface area contributed by atoms with Crippen LogP contribution < -0.4 is 26.8 Å². The number of anilines is 2. The monoisotopic (exact) mass is 408 g/mol. The second-order valence-electron chi connectivity index (χ2n) is 7.23. The molecule has 2 amide bonds. The van der Waals surface area contributed by atoms with Gasteiger partial charge in [0.05, 0.1) is 12.3 Å². The number of hydrogen-bond acceptors (Lipinski definition) is 7. The van der Waals surface area contributed by atoms with Gasteiger partial charge in [-0.05, 0) is 32.9 Å². The molecule has 0 heterocycles. The third-order valence-electron chi connectivity index (χ3n) is 3.49. The third kappa shape index (κ3) is 9.70. The predicted molar refractivity (Wildman–Crippen MR) is 113 cm³/mol. The van der Waals surface area contributed by atoms with Crippen molar-refractivity contribution >= 4 is 23.4 Å². The lowest BCUT2D eigenvalue weighted by atomic mass is 10.1. The summed E-state index contributed by atoms with van der Waals surface area (Å²) in [6.45, 7) is 7.12. The predicted octanol–water partition coefficient (Wildman–Crippen LogP) is 2.28. The first-order chi connectivity index (χ1) is 13.6. The van der Waals surface area contributed by atoms with Gasteiger partial charge in [-0.2, -0.15) is 0 Å². The van der Waals surface area contributed by atoms with Crippen molar-refractivity contribution in [3.63, 3.8) is 0 Å². The maximum absolute atomic E-state index is 11.6. The fourth-order valence-corrected chi connectivity index (χ4v) is 2.25. The fraction of sp³-hybridized carbons (Fsp3) is 0.500. The minimum absolute atomic E-state index is 0.270. The summed E-state index contributed by atoms with van der Waals surface area (Å²) >= 11 is 0. The Morgan fingerprint density at radius 2 is 1.83 bits per heavy atom. The molecule has 0 saturated heterocycles. The van der Waals surface area contributed by atoms with Crippen LogP contribution in [0.5, 0.6) is 5.75 Å². The molecule has 9 nitrogen and oxygen atoms in total. The van der Waals surface area contributed by atoms with E-state index >= 15 is 0 Å². The summed E-state index contributed by atoms with van der Waals surface area (Å²) in [4.78, 5) is 23.1. The van der Waals surface area contributed by atoms with Crippen molar-refractivity contribution in [2.75, 3.05) is 44.5 Å². The van der Waals surface area contributed by atoms with Crippen molar-refractivity contribution in [2.24, 2.45) is 5.73 Å². The molecule has 1 aromatic carbocycles. The first-order valence-corrected chi connectivity index (χ1v) is 9.35. The second kappa shape index (κ2) is 11.8. The lowest BCUT2D eigenvalue weighted by Gasteiger charge is -2.19. The molecule has 1 aromatic rings. The fourth-order valence-electron chi connectivity index (χ4n) is 2.25. The van der Waals surface area contributed by atoms with Gasteiger partial charge < -0.3 is 36.3 Å². The molecule has 0 saturated carbocycles. The quantitative estimate of drug-likeness (QED) is 0.250. The van der Waals surface area contributed by atoms with Crippen molar-refractivity contribution < 1.29 is 23.8 Å². The third-order valence-corrected chi connectivity index (χ3v) is 3.49. The molecule has 1 rings (SSSR count). The van der Waals surface area contributed by atoms with E-state index in [2.05, 4.69) is 10.6 Å². The zero-order valence-corrected chi connectivity index (χ0v) is 17.5. The zero-order chi connectivity index (χ0) is 21.9. The molecular weight excluding hydrogens is 376 g/mol. The Hall–Kier alpha value is -2.94. The Labute approximate surface area is 171 Å². The van der Waals surface area contributed by atoms with Crippen molar-refractivity contribution in [3.05, 3.63) is 29.8 Å². The number of methoxy groups -OCH3 is 1. The minimum Gasteiger partial charge on any atom is -0.491 e. The summed E-state index contributed by atoms with van der Waals surface area (Å²) in [5.74, 6) is -0.145. The number of ether oxygens (including phenoxy) is 3. The van der Waals surface area contributed by atoms with Crippen LogP contribution in [0.2, 0.25) is 0 Å². The highest BCUT2D eigenvalue weighted by Gasteiger charge is 2.15. The van der Waals surface area contributed by atoms with E-state index in [9.17, 15) is 9.59 Å². The van der Waals surface area contributed by atoms with Crippen LogP contribution in [0, 0.1) is 0 Å². The zero-order valence-electron chi connectivity index (χ0n) is 17.5. The first kappa shape index (κ1) is 24.1. The number of benzene rings is 1. The standard InChI is InChI=1S/C20H32N4O5/c1-20(2,3)29-19(26)24-9-6-5-8-23-17-15(21)12-14(18(22)25)13-16(17)28-11-7-10-27-4/h5-6,12-13,23H,7-11,21H2,1-4H3,(H2,22,25)(H,24,26)/b6-5+. The van der Waals surface area contributed by atoms with Gasteiger partial charge in [0.25, 0.3) is 0 Å². The van der Waals surface area contributed by atoms with E-state index in [4.69, 9.17) is 25.7 Å². The minimum atomic E-state index is -0.585. The van der Waals surface area contributed by atoms with Gasteiger partial charge >= 0.3 is 6.09 Å². The molecule has 0 aliphatic rings. The number of primary amides is 1. The summed E-state index contributed by atoms with van der Waals surface area (Å²) < 4.78 is 15.9. The number of amides is 2. The molecule has 0 radical (unpaired) electrons. The van der Waals surface area contributed by atoms with Gasteiger partial charge in [-0.25, -0.2) is 4.79 Å². The molecule has 0 aliphatic heterocycles. The van der Waals surface area contributed by atoms with Gasteiger partial charge in [-0.1, -0.05) is 12.2 Å². The summed E-state index contributed by atoms with van der Waals surface area (Å²) in [7, 11) is 1.61. The van der Waals surface area contributed by atoms with E-state index in [-0.39, 0.29) is 5.56 Å². The van der Waals surface area contributed by atoms with E-state index in [0.717, 1.165) is 0 Å². The van der Waals surface area contributed by atoms with Crippen LogP contribution in [0.1, 0.15) is 37.6 Å². The number of nitrogens with two attached hydrogens (primary N) is 2. The van der Waals surface area contributed by atoms with Crippen LogP contribution in [-0.2, 0) is 9.47 Å². The molecule has 0 atom stereocenters.